The molecular weight excluding hydrogens is 258 g/mol. The molecule has 2 N–H and O–H groups in total. The maximum absolute atomic E-state index is 4.07. The van der Waals surface area contributed by atoms with Crippen molar-refractivity contribution in [2.75, 3.05) is 0 Å². The molecule has 1 atom stereocenters. The molecule has 3 nitrogen and oxygen atoms in total. The van der Waals surface area contributed by atoms with Gasteiger partial charge in [0, 0.05) is 24.5 Å². The van der Waals surface area contributed by atoms with Gasteiger partial charge in [-0.1, -0.05) is 42.3 Å². The highest BCUT2D eigenvalue weighted by Gasteiger charge is 2.13. The minimum atomic E-state index is 0.450. The standard InChI is InChI=1S/C18H23N3/c1-14-5-4-7-15(9-14)16-6-2-3-8-17(10-16)20-12-18-11-19-13-21-18/h4-5,7,9-11,13,17,20H,2-3,6,8,12H2,1H3,(H,19,21). The monoisotopic (exact) mass is 281 g/mol. The second-order valence-corrected chi connectivity index (χ2v) is 5.87. The van der Waals surface area contributed by atoms with Crippen LogP contribution in [-0.4, -0.2) is 16.0 Å². The Bertz CT molecular complexity index is 599. The molecule has 3 heteroatoms. The summed E-state index contributed by atoms with van der Waals surface area (Å²) in [6, 6.07) is 9.29. The quantitative estimate of drug-likeness (QED) is 0.894. The van der Waals surface area contributed by atoms with Crippen LogP contribution in [0.3, 0.4) is 0 Å². The van der Waals surface area contributed by atoms with E-state index in [-0.39, 0.29) is 0 Å². The zero-order chi connectivity index (χ0) is 14.5. The number of rotatable bonds is 4. The molecule has 0 spiro atoms. The third-order valence-electron chi connectivity index (χ3n) is 4.11. The van der Waals surface area contributed by atoms with Crippen LogP contribution < -0.4 is 5.32 Å². The Morgan fingerprint density at radius 2 is 2.29 bits per heavy atom. The lowest BCUT2D eigenvalue weighted by Crippen LogP contribution is -2.26. The number of imidazole rings is 1. The lowest BCUT2D eigenvalue weighted by atomic mass is 9.99. The van der Waals surface area contributed by atoms with Crippen molar-refractivity contribution in [3.05, 3.63) is 59.7 Å². The average Bonchev–Trinajstić information content (AvgIpc) is 2.89. The van der Waals surface area contributed by atoms with E-state index in [1.165, 1.54) is 42.4 Å². The van der Waals surface area contributed by atoms with Crippen molar-refractivity contribution in [1.82, 2.24) is 15.3 Å². The molecule has 1 aliphatic rings. The Kier molecular flexibility index (Phi) is 4.51. The van der Waals surface area contributed by atoms with E-state index in [1.54, 1.807) is 6.33 Å². The largest absolute Gasteiger partial charge is 0.347 e. The number of aromatic amines is 1. The third-order valence-corrected chi connectivity index (χ3v) is 4.11. The van der Waals surface area contributed by atoms with E-state index in [4.69, 9.17) is 0 Å². The molecule has 110 valence electrons. The first-order chi connectivity index (χ1) is 10.3. The van der Waals surface area contributed by atoms with Crippen LogP contribution in [-0.2, 0) is 6.54 Å². The second kappa shape index (κ2) is 6.72. The van der Waals surface area contributed by atoms with Crippen LogP contribution in [0.2, 0.25) is 0 Å². The molecule has 1 unspecified atom stereocenters. The van der Waals surface area contributed by atoms with Gasteiger partial charge >= 0.3 is 0 Å². The number of H-pyrrole nitrogens is 1. The van der Waals surface area contributed by atoms with Gasteiger partial charge in [-0.05, 0) is 37.3 Å². The van der Waals surface area contributed by atoms with E-state index in [1.807, 2.05) is 6.20 Å². The average molecular weight is 281 g/mol. The molecule has 0 bridgehead atoms. The number of benzene rings is 1. The molecule has 1 aliphatic carbocycles. The fraction of sp³-hybridized carbons (Fsp3) is 0.389. The molecule has 0 saturated carbocycles. The summed E-state index contributed by atoms with van der Waals surface area (Å²) in [7, 11) is 0. The van der Waals surface area contributed by atoms with Crippen LogP contribution >= 0.6 is 0 Å². The molecule has 0 radical (unpaired) electrons. The Balaban J connectivity index is 1.72. The number of hydrogen-bond donors (Lipinski definition) is 2. The molecule has 1 aromatic heterocycles. The normalized spacial score (nSPS) is 19.1. The molecular formula is C18H23N3. The van der Waals surface area contributed by atoms with E-state index >= 15 is 0 Å². The maximum atomic E-state index is 4.07. The van der Waals surface area contributed by atoms with Crippen molar-refractivity contribution in [1.29, 1.82) is 0 Å². The molecule has 0 amide bonds. The van der Waals surface area contributed by atoms with E-state index in [0.717, 1.165) is 12.2 Å². The van der Waals surface area contributed by atoms with Crippen LogP contribution in [0.1, 0.15) is 42.5 Å². The first kappa shape index (κ1) is 14.1. The Morgan fingerprint density at radius 3 is 3.10 bits per heavy atom. The Hall–Kier alpha value is -1.87. The van der Waals surface area contributed by atoms with Crippen molar-refractivity contribution in [2.24, 2.45) is 0 Å². The molecule has 0 saturated heterocycles. The van der Waals surface area contributed by atoms with Crippen LogP contribution in [0.25, 0.3) is 5.57 Å². The summed E-state index contributed by atoms with van der Waals surface area (Å²) < 4.78 is 0. The van der Waals surface area contributed by atoms with Crippen molar-refractivity contribution in [3.63, 3.8) is 0 Å². The Labute approximate surface area is 126 Å². The highest BCUT2D eigenvalue weighted by molar-refractivity contribution is 5.67. The van der Waals surface area contributed by atoms with E-state index in [0.29, 0.717) is 6.04 Å². The molecule has 2 aromatic rings. The van der Waals surface area contributed by atoms with Gasteiger partial charge in [-0.25, -0.2) is 4.98 Å². The van der Waals surface area contributed by atoms with Crippen LogP contribution in [0, 0.1) is 6.92 Å². The zero-order valence-corrected chi connectivity index (χ0v) is 12.6. The predicted octanol–water partition coefficient (Wildman–Crippen LogP) is 3.83. The highest BCUT2D eigenvalue weighted by atomic mass is 15.0. The molecule has 1 aromatic carbocycles. The van der Waals surface area contributed by atoms with Gasteiger partial charge in [0.2, 0.25) is 0 Å². The molecule has 21 heavy (non-hydrogen) atoms. The van der Waals surface area contributed by atoms with E-state index < -0.39 is 0 Å². The van der Waals surface area contributed by atoms with Gasteiger partial charge in [-0.15, -0.1) is 0 Å². The Morgan fingerprint density at radius 1 is 1.33 bits per heavy atom. The SMILES string of the molecule is Cc1cccc(C2=CC(NCc3cnc[nH]3)CCCC2)c1. The van der Waals surface area contributed by atoms with Crippen molar-refractivity contribution >= 4 is 5.57 Å². The summed E-state index contributed by atoms with van der Waals surface area (Å²) in [5.41, 5.74) is 5.34. The van der Waals surface area contributed by atoms with E-state index in [2.05, 4.69) is 52.5 Å². The summed E-state index contributed by atoms with van der Waals surface area (Å²) in [6.45, 7) is 3.01. The van der Waals surface area contributed by atoms with Gasteiger partial charge in [0.25, 0.3) is 0 Å². The number of allylic oxidation sites excluding steroid dienone is 1. The van der Waals surface area contributed by atoms with Crippen molar-refractivity contribution in [3.8, 4) is 0 Å². The van der Waals surface area contributed by atoms with Crippen molar-refractivity contribution in [2.45, 2.75) is 45.2 Å². The molecule has 0 aliphatic heterocycles. The van der Waals surface area contributed by atoms with Crippen LogP contribution in [0.5, 0.6) is 0 Å². The smallest absolute Gasteiger partial charge is 0.0922 e. The van der Waals surface area contributed by atoms with Gasteiger partial charge in [0.1, 0.15) is 0 Å². The van der Waals surface area contributed by atoms with Crippen molar-refractivity contribution < 1.29 is 0 Å². The summed E-state index contributed by atoms with van der Waals surface area (Å²) >= 11 is 0. The van der Waals surface area contributed by atoms with Gasteiger partial charge in [-0.3, -0.25) is 0 Å². The number of nitrogens with one attached hydrogen (secondary N) is 2. The maximum Gasteiger partial charge on any atom is 0.0922 e. The van der Waals surface area contributed by atoms with Gasteiger partial charge < -0.3 is 10.3 Å². The second-order valence-electron chi connectivity index (χ2n) is 5.87. The van der Waals surface area contributed by atoms with Crippen LogP contribution in [0.4, 0.5) is 0 Å². The summed E-state index contributed by atoms with van der Waals surface area (Å²) in [6.07, 6.45) is 11.0. The summed E-state index contributed by atoms with van der Waals surface area (Å²) in [4.78, 5) is 7.21. The molecule has 3 rings (SSSR count). The van der Waals surface area contributed by atoms with Crippen LogP contribution in [0.15, 0.2) is 42.9 Å². The zero-order valence-electron chi connectivity index (χ0n) is 12.6. The third kappa shape index (κ3) is 3.82. The molecule has 0 fully saturated rings. The number of aryl methyl sites for hydroxylation is 1. The fourth-order valence-electron chi connectivity index (χ4n) is 2.96. The topological polar surface area (TPSA) is 40.7 Å². The lowest BCUT2D eigenvalue weighted by molar-refractivity contribution is 0.535. The predicted molar refractivity (Wildman–Crippen MR) is 86.8 cm³/mol. The fourth-order valence-corrected chi connectivity index (χ4v) is 2.96. The first-order valence-corrected chi connectivity index (χ1v) is 7.79. The van der Waals surface area contributed by atoms with Gasteiger partial charge in [0.15, 0.2) is 0 Å². The number of aromatic nitrogens is 2. The molecule has 1 heterocycles. The minimum Gasteiger partial charge on any atom is -0.347 e. The number of nitrogens with zero attached hydrogens (tertiary/aromatic N) is 1. The van der Waals surface area contributed by atoms with Gasteiger partial charge in [-0.2, -0.15) is 0 Å². The minimum absolute atomic E-state index is 0.450. The highest BCUT2D eigenvalue weighted by Crippen LogP contribution is 2.26. The summed E-state index contributed by atoms with van der Waals surface area (Å²) in [5.74, 6) is 0. The van der Waals surface area contributed by atoms with E-state index in [9.17, 15) is 0 Å². The van der Waals surface area contributed by atoms with Gasteiger partial charge in [0.05, 0.1) is 6.33 Å². The number of hydrogen-bond acceptors (Lipinski definition) is 2. The lowest BCUT2D eigenvalue weighted by Gasteiger charge is -2.14. The summed E-state index contributed by atoms with van der Waals surface area (Å²) in [5, 5.41) is 3.63. The first-order valence-electron chi connectivity index (χ1n) is 7.79.